The predicted molar refractivity (Wildman–Crippen MR) is 125 cm³/mol. The van der Waals surface area contributed by atoms with E-state index in [2.05, 4.69) is 74.8 Å². The number of piperidine rings is 1. The fourth-order valence-electron chi connectivity index (χ4n) is 5.41. The molecular formula is C27H38N2O. The first-order valence-corrected chi connectivity index (χ1v) is 11.5. The zero-order valence-electron chi connectivity index (χ0n) is 19.4. The average molecular weight is 407 g/mol. The van der Waals surface area contributed by atoms with Crippen LogP contribution < -0.4 is 0 Å². The molecule has 0 aromatic heterocycles. The summed E-state index contributed by atoms with van der Waals surface area (Å²) in [6, 6.07) is 17.7. The highest BCUT2D eigenvalue weighted by Crippen LogP contribution is 2.43. The van der Waals surface area contributed by atoms with E-state index in [1.807, 2.05) is 12.1 Å². The van der Waals surface area contributed by atoms with Crippen LogP contribution in [0, 0.1) is 5.92 Å². The first kappa shape index (κ1) is 21.4. The highest BCUT2D eigenvalue weighted by Gasteiger charge is 2.44. The lowest BCUT2D eigenvalue weighted by Gasteiger charge is -2.53. The zero-order chi connectivity index (χ0) is 21.5. The molecule has 2 aromatic carbocycles. The van der Waals surface area contributed by atoms with Crippen LogP contribution >= 0.6 is 0 Å². The van der Waals surface area contributed by atoms with Crippen molar-refractivity contribution < 1.29 is 5.11 Å². The van der Waals surface area contributed by atoms with Crippen LogP contribution in [0.4, 0.5) is 0 Å². The van der Waals surface area contributed by atoms with Gasteiger partial charge in [0.1, 0.15) is 5.75 Å². The van der Waals surface area contributed by atoms with Crippen molar-refractivity contribution in [3.63, 3.8) is 0 Å². The summed E-state index contributed by atoms with van der Waals surface area (Å²) < 4.78 is 0. The van der Waals surface area contributed by atoms with E-state index in [4.69, 9.17) is 0 Å². The van der Waals surface area contributed by atoms with E-state index in [1.165, 1.54) is 16.7 Å². The Labute approximate surface area is 182 Å². The van der Waals surface area contributed by atoms with Crippen LogP contribution in [0.2, 0.25) is 0 Å². The van der Waals surface area contributed by atoms with Gasteiger partial charge in [-0.25, -0.2) is 0 Å². The molecule has 0 saturated carbocycles. The number of piperazine rings is 1. The normalized spacial score (nSPS) is 28.3. The Morgan fingerprint density at radius 2 is 1.77 bits per heavy atom. The number of phenolic OH excluding ortho intramolecular Hbond substituents is 1. The van der Waals surface area contributed by atoms with E-state index in [1.54, 1.807) is 6.07 Å². The van der Waals surface area contributed by atoms with Gasteiger partial charge in [0, 0.05) is 38.8 Å². The van der Waals surface area contributed by atoms with Crippen LogP contribution in [0.5, 0.6) is 5.75 Å². The minimum atomic E-state index is 0.108. The van der Waals surface area contributed by atoms with Gasteiger partial charge in [-0.1, -0.05) is 71.0 Å². The number of phenols is 1. The molecule has 0 spiro atoms. The maximum atomic E-state index is 10.0. The molecule has 2 aromatic rings. The molecule has 2 aliphatic heterocycles. The Morgan fingerprint density at radius 3 is 2.43 bits per heavy atom. The quantitative estimate of drug-likeness (QED) is 0.761. The van der Waals surface area contributed by atoms with Crippen molar-refractivity contribution in [3.8, 4) is 5.75 Å². The molecule has 3 nitrogen and oxygen atoms in total. The lowest BCUT2D eigenvalue weighted by molar-refractivity contribution is -0.00557. The molecule has 0 bridgehead atoms. The van der Waals surface area contributed by atoms with Gasteiger partial charge in [0.05, 0.1) is 0 Å². The minimum absolute atomic E-state index is 0.108. The van der Waals surface area contributed by atoms with Crippen LogP contribution in [0.3, 0.4) is 0 Å². The molecule has 0 amide bonds. The number of benzene rings is 2. The average Bonchev–Trinajstić information content (AvgIpc) is 2.69. The Morgan fingerprint density at radius 1 is 1.03 bits per heavy atom. The number of nitrogens with zero attached hydrogens (tertiary/aromatic N) is 2. The van der Waals surface area contributed by atoms with Crippen molar-refractivity contribution in [3.05, 3.63) is 65.2 Å². The molecule has 3 atom stereocenters. The van der Waals surface area contributed by atoms with Crippen molar-refractivity contribution in [1.29, 1.82) is 0 Å². The summed E-state index contributed by atoms with van der Waals surface area (Å²) in [5, 5.41) is 10.0. The largest absolute Gasteiger partial charge is 0.508 e. The van der Waals surface area contributed by atoms with Crippen LogP contribution in [0.1, 0.15) is 57.7 Å². The Balaban J connectivity index is 1.46. The molecule has 0 aliphatic carbocycles. The van der Waals surface area contributed by atoms with E-state index in [0.717, 1.165) is 39.1 Å². The second-order valence-electron chi connectivity index (χ2n) is 10.9. The number of hydrogen-bond acceptors (Lipinski definition) is 3. The molecule has 3 heteroatoms. The summed E-state index contributed by atoms with van der Waals surface area (Å²) in [4.78, 5) is 5.33. The van der Waals surface area contributed by atoms with Crippen LogP contribution in [-0.2, 0) is 17.4 Å². The minimum Gasteiger partial charge on any atom is -0.508 e. The van der Waals surface area contributed by atoms with Crippen molar-refractivity contribution in [2.75, 3.05) is 26.2 Å². The number of fused-ring (bicyclic) bond motifs is 1. The van der Waals surface area contributed by atoms with E-state index in [-0.39, 0.29) is 10.8 Å². The monoisotopic (exact) mass is 406 g/mol. The van der Waals surface area contributed by atoms with Gasteiger partial charge in [0.15, 0.2) is 0 Å². The highest BCUT2D eigenvalue weighted by molar-refractivity contribution is 5.34. The summed E-state index contributed by atoms with van der Waals surface area (Å²) in [5.41, 5.74) is 4.41. The van der Waals surface area contributed by atoms with Gasteiger partial charge < -0.3 is 5.11 Å². The molecule has 0 radical (unpaired) electrons. The van der Waals surface area contributed by atoms with E-state index in [9.17, 15) is 5.11 Å². The standard InChI is InChI=1S/C27H38N2O/c1-20-17-29-14-13-28(18-21-9-11-22(12-10-21)26(2,3)4)19-24(29)16-27(20,5)23-7-6-8-25(30)15-23/h6-12,15,20,24,30H,13-14,16-19H2,1-5H3/t20?,24?,27-/m1/s1. The molecular weight excluding hydrogens is 368 g/mol. The van der Waals surface area contributed by atoms with E-state index in [0.29, 0.717) is 17.7 Å². The number of aromatic hydroxyl groups is 1. The summed E-state index contributed by atoms with van der Waals surface area (Å²) in [5.74, 6) is 0.958. The zero-order valence-corrected chi connectivity index (χ0v) is 19.4. The van der Waals surface area contributed by atoms with E-state index >= 15 is 0 Å². The second-order valence-corrected chi connectivity index (χ2v) is 10.9. The maximum absolute atomic E-state index is 10.0. The number of rotatable bonds is 3. The van der Waals surface area contributed by atoms with Crippen molar-refractivity contribution in [1.82, 2.24) is 9.80 Å². The molecule has 2 heterocycles. The first-order chi connectivity index (χ1) is 14.1. The Bertz CT molecular complexity index is 869. The highest BCUT2D eigenvalue weighted by atomic mass is 16.3. The van der Waals surface area contributed by atoms with Crippen molar-refractivity contribution in [2.24, 2.45) is 5.92 Å². The van der Waals surface area contributed by atoms with Gasteiger partial charge in [0.2, 0.25) is 0 Å². The summed E-state index contributed by atoms with van der Waals surface area (Å²) in [6.45, 7) is 17.2. The van der Waals surface area contributed by atoms with Gasteiger partial charge in [0.25, 0.3) is 0 Å². The Hall–Kier alpha value is -1.84. The topological polar surface area (TPSA) is 26.7 Å². The Kier molecular flexibility index (Phi) is 5.71. The van der Waals surface area contributed by atoms with Crippen molar-refractivity contribution >= 4 is 0 Å². The third-order valence-electron chi connectivity index (χ3n) is 7.68. The first-order valence-electron chi connectivity index (χ1n) is 11.5. The smallest absolute Gasteiger partial charge is 0.115 e. The molecule has 2 unspecified atom stereocenters. The van der Waals surface area contributed by atoms with Crippen molar-refractivity contribution in [2.45, 2.75) is 64.5 Å². The lowest BCUT2D eigenvalue weighted by atomic mass is 9.65. The van der Waals surface area contributed by atoms with Crippen LogP contribution in [0.25, 0.3) is 0 Å². The van der Waals surface area contributed by atoms with E-state index < -0.39 is 0 Å². The van der Waals surface area contributed by atoms with Crippen LogP contribution in [-0.4, -0.2) is 47.1 Å². The lowest BCUT2D eigenvalue weighted by Crippen LogP contribution is -2.60. The summed E-state index contributed by atoms with van der Waals surface area (Å²) >= 11 is 0. The van der Waals surface area contributed by atoms with Crippen LogP contribution in [0.15, 0.2) is 48.5 Å². The number of hydrogen-bond donors (Lipinski definition) is 1. The summed E-state index contributed by atoms with van der Waals surface area (Å²) in [7, 11) is 0. The summed E-state index contributed by atoms with van der Waals surface area (Å²) in [6.07, 6.45) is 1.15. The second kappa shape index (κ2) is 8.01. The molecule has 2 saturated heterocycles. The molecule has 4 rings (SSSR count). The molecule has 2 aliphatic rings. The van der Waals surface area contributed by atoms with Gasteiger partial charge in [-0.3, -0.25) is 9.80 Å². The fraction of sp³-hybridized carbons (Fsp3) is 0.556. The molecule has 162 valence electrons. The SMILES string of the molecule is CC1CN2CCN(Cc3ccc(C(C)(C)C)cc3)CC2C[C@@]1(C)c1cccc(O)c1. The molecule has 1 N–H and O–H groups in total. The van der Waals surface area contributed by atoms with Gasteiger partial charge >= 0.3 is 0 Å². The third kappa shape index (κ3) is 4.29. The fourth-order valence-corrected chi connectivity index (χ4v) is 5.41. The van der Waals surface area contributed by atoms with Gasteiger partial charge in [-0.2, -0.15) is 0 Å². The van der Waals surface area contributed by atoms with Gasteiger partial charge in [-0.05, 0) is 52.0 Å². The van der Waals surface area contributed by atoms with Gasteiger partial charge in [-0.15, -0.1) is 0 Å². The third-order valence-corrected chi connectivity index (χ3v) is 7.68. The molecule has 30 heavy (non-hydrogen) atoms. The molecule has 2 fully saturated rings. The predicted octanol–water partition coefficient (Wildman–Crippen LogP) is 5.17. The maximum Gasteiger partial charge on any atom is 0.115 e.